The third-order valence-electron chi connectivity index (χ3n) is 6.00. The SMILES string of the molecule is CCOC(Cc1ccc(OCCN(CCCOc2ccc(F)cc2)C(=O)NCc2ccc(F)cc2F)cc1)C(=O)O. The number of carbonyl (C=O) groups is 2. The van der Waals surface area contributed by atoms with Gasteiger partial charge in [-0.2, -0.15) is 0 Å². The van der Waals surface area contributed by atoms with Crippen molar-refractivity contribution < 1.29 is 42.1 Å². The monoisotopic (exact) mass is 574 g/mol. The standard InChI is InChI=1S/C30H33F3N2O6/c1-2-39-28(29(36)37)18-21-4-10-25(11-5-21)41-17-15-35(14-3-16-40-26-12-8-23(31)9-13-26)30(38)34-20-22-6-7-24(32)19-27(22)33/h4-13,19,28H,2-3,14-18,20H2,1H3,(H,34,38)(H,36,37). The van der Waals surface area contributed by atoms with Gasteiger partial charge in [-0.25, -0.2) is 22.8 Å². The maximum absolute atomic E-state index is 14.0. The maximum Gasteiger partial charge on any atom is 0.333 e. The van der Waals surface area contributed by atoms with Gasteiger partial charge in [-0.05, 0) is 61.4 Å². The zero-order chi connectivity index (χ0) is 29.6. The second kappa shape index (κ2) is 16.1. The number of rotatable bonds is 16. The van der Waals surface area contributed by atoms with Crippen LogP contribution in [0.5, 0.6) is 11.5 Å². The Morgan fingerprint density at radius 1 is 0.878 bits per heavy atom. The highest BCUT2D eigenvalue weighted by Crippen LogP contribution is 2.15. The molecule has 11 heteroatoms. The van der Waals surface area contributed by atoms with Crippen molar-refractivity contribution in [1.82, 2.24) is 10.2 Å². The number of ether oxygens (including phenoxy) is 3. The molecular formula is C30H33F3N2O6. The van der Waals surface area contributed by atoms with Crippen molar-refractivity contribution in [1.29, 1.82) is 0 Å². The number of carboxylic acids is 1. The molecule has 0 fully saturated rings. The number of carboxylic acid groups (broad SMARTS) is 1. The van der Waals surface area contributed by atoms with Gasteiger partial charge < -0.3 is 29.5 Å². The fourth-order valence-electron chi connectivity index (χ4n) is 3.87. The highest BCUT2D eigenvalue weighted by Gasteiger charge is 2.18. The molecule has 0 bridgehead atoms. The van der Waals surface area contributed by atoms with Gasteiger partial charge in [0.05, 0.1) is 13.2 Å². The van der Waals surface area contributed by atoms with E-state index in [-0.39, 0.29) is 50.6 Å². The van der Waals surface area contributed by atoms with E-state index in [4.69, 9.17) is 14.2 Å². The minimum atomic E-state index is -1.03. The summed E-state index contributed by atoms with van der Waals surface area (Å²) < 4.78 is 56.9. The van der Waals surface area contributed by atoms with Crippen LogP contribution in [0.1, 0.15) is 24.5 Å². The van der Waals surface area contributed by atoms with Crippen LogP contribution < -0.4 is 14.8 Å². The lowest BCUT2D eigenvalue weighted by Gasteiger charge is -2.23. The molecule has 0 saturated carbocycles. The van der Waals surface area contributed by atoms with Crippen LogP contribution in [-0.2, 0) is 22.5 Å². The van der Waals surface area contributed by atoms with Crippen molar-refractivity contribution in [3.05, 3.63) is 95.3 Å². The van der Waals surface area contributed by atoms with Crippen molar-refractivity contribution in [2.75, 3.05) is 32.9 Å². The Morgan fingerprint density at radius 3 is 2.15 bits per heavy atom. The van der Waals surface area contributed by atoms with Crippen LogP contribution in [0.15, 0.2) is 66.7 Å². The molecule has 0 aromatic heterocycles. The van der Waals surface area contributed by atoms with E-state index in [1.165, 1.54) is 35.2 Å². The third-order valence-corrected chi connectivity index (χ3v) is 6.00. The van der Waals surface area contributed by atoms with Crippen molar-refractivity contribution in [3.63, 3.8) is 0 Å². The molecule has 0 radical (unpaired) electrons. The molecule has 3 aromatic rings. The van der Waals surface area contributed by atoms with Crippen LogP contribution in [-0.4, -0.2) is 61.0 Å². The lowest BCUT2D eigenvalue weighted by atomic mass is 10.1. The number of urea groups is 1. The molecule has 3 aromatic carbocycles. The quantitative estimate of drug-likeness (QED) is 0.229. The number of halogens is 3. The minimum Gasteiger partial charge on any atom is -0.494 e. The molecule has 2 amide bonds. The first-order valence-corrected chi connectivity index (χ1v) is 13.2. The lowest BCUT2D eigenvalue weighted by molar-refractivity contribution is -0.149. The highest BCUT2D eigenvalue weighted by molar-refractivity contribution is 5.74. The fraction of sp³-hybridized carbons (Fsp3) is 0.333. The molecule has 0 heterocycles. The zero-order valence-electron chi connectivity index (χ0n) is 22.7. The van der Waals surface area contributed by atoms with E-state index in [9.17, 15) is 27.9 Å². The summed E-state index contributed by atoms with van der Waals surface area (Å²) in [5.41, 5.74) is 0.915. The fourth-order valence-corrected chi connectivity index (χ4v) is 3.87. The summed E-state index contributed by atoms with van der Waals surface area (Å²) in [5, 5.41) is 11.9. The van der Waals surface area contributed by atoms with Gasteiger partial charge in [0, 0.05) is 37.7 Å². The molecule has 0 saturated heterocycles. The number of nitrogens with one attached hydrogen (secondary N) is 1. The van der Waals surface area contributed by atoms with Crippen molar-refractivity contribution in [2.45, 2.75) is 32.4 Å². The van der Waals surface area contributed by atoms with Crippen LogP contribution in [0.3, 0.4) is 0 Å². The van der Waals surface area contributed by atoms with Gasteiger partial charge in [-0.15, -0.1) is 0 Å². The molecule has 41 heavy (non-hydrogen) atoms. The normalized spacial score (nSPS) is 11.5. The van der Waals surface area contributed by atoms with Gasteiger partial charge >= 0.3 is 12.0 Å². The van der Waals surface area contributed by atoms with Crippen LogP contribution in [0.4, 0.5) is 18.0 Å². The third kappa shape index (κ3) is 10.7. The predicted octanol–water partition coefficient (Wildman–Crippen LogP) is 5.20. The van der Waals surface area contributed by atoms with Crippen LogP contribution >= 0.6 is 0 Å². The zero-order valence-corrected chi connectivity index (χ0v) is 22.7. The molecule has 1 atom stereocenters. The van der Waals surface area contributed by atoms with Gasteiger partial charge in [0.25, 0.3) is 0 Å². The second-order valence-electron chi connectivity index (χ2n) is 9.02. The largest absolute Gasteiger partial charge is 0.494 e. The Bertz CT molecular complexity index is 1260. The first kappa shape index (κ1) is 31.3. The Morgan fingerprint density at radius 2 is 1.51 bits per heavy atom. The molecule has 220 valence electrons. The Balaban J connectivity index is 1.54. The molecule has 0 aliphatic heterocycles. The molecule has 1 unspecified atom stereocenters. The molecule has 0 aliphatic rings. The molecular weight excluding hydrogens is 541 g/mol. The van der Waals surface area contributed by atoms with E-state index in [0.29, 0.717) is 24.5 Å². The minimum absolute atomic E-state index is 0.130. The van der Waals surface area contributed by atoms with Gasteiger partial charge in [0.15, 0.2) is 6.10 Å². The summed E-state index contributed by atoms with van der Waals surface area (Å²) in [6, 6.07) is 15.2. The number of benzene rings is 3. The van der Waals surface area contributed by atoms with Crippen molar-refractivity contribution in [2.24, 2.45) is 0 Å². The lowest BCUT2D eigenvalue weighted by Crippen LogP contribution is -2.42. The Hall–Kier alpha value is -4.25. The molecule has 0 spiro atoms. The number of nitrogens with zero attached hydrogens (tertiary/aromatic N) is 1. The topological polar surface area (TPSA) is 97.3 Å². The first-order chi connectivity index (χ1) is 19.7. The van der Waals surface area contributed by atoms with E-state index in [1.807, 2.05) is 0 Å². The van der Waals surface area contributed by atoms with Gasteiger partial charge in [-0.1, -0.05) is 18.2 Å². The van der Waals surface area contributed by atoms with Crippen molar-refractivity contribution >= 4 is 12.0 Å². The molecule has 0 aliphatic carbocycles. The summed E-state index contributed by atoms with van der Waals surface area (Å²) in [6.07, 6.45) is -0.268. The molecule has 3 rings (SSSR count). The molecule has 2 N–H and O–H groups in total. The van der Waals surface area contributed by atoms with Crippen LogP contribution in [0, 0.1) is 17.5 Å². The predicted molar refractivity (Wildman–Crippen MR) is 145 cm³/mol. The smallest absolute Gasteiger partial charge is 0.333 e. The van der Waals surface area contributed by atoms with Crippen LogP contribution in [0.2, 0.25) is 0 Å². The van der Waals surface area contributed by atoms with E-state index in [0.717, 1.165) is 17.7 Å². The van der Waals surface area contributed by atoms with E-state index in [2.05, 4.69) is 5.32 Å². The van der Waals surface area contributed by atoms with Crippen LogP contribution in [0.25, 0.3) is 0 Å². The van der Waals surface area contributed by atoms with Gasteiger partial charge in [0.2, 0.25) is 0 Å². The summed E-state index contributed by atoms with van der Waals surface area (Å²) in [6.45, 7) is 2.79. The summed E-state index contributed by atoms with van der Waals surface area (Å²) >= 11 is 0. The Kier molecular flexibility index (Phi) is 12.3. The van der Waals surface area contributed by atoms with Gasteiger partial charge in [0.1, 0.15) is 35.6 Å². The second-order valence-corrected chi connectivity index (χ2v) is 9.02. The average Bonchev–Trinajstić information content (AvgIpc) is 2.95. The number of amides is 2. The first-order valence-electron chi connectivity index (χ1n) is 13.2. The van der Waals surface area contributed by atoms with E-state index >= 15 is 0 Å². The van der Waals surface area contributed by atoms with Crippen molar-refractivity contribution in [3.8, 4) is 11.5 Å². The average molecular weight is 575 g/mol. The highest BCUT2D eigenvalue weighted by atomic mass is 19.1. The maximum atomic E-state index is 14.0. The number of hydrogen-bond acceptors (Lipinski definition) is 5. The number of hydrogen-bond donors (Lipinski definition) is 2. The number of aliphatic carboxylic acids is 1. The summed E-state index contributed by atoms with van der Waals surface area (Å²) in [4.78, 5) is 25.7. The Labute approximate surface area is 236 Å². The van der Waals surface area contributed by atoms with E-state index in [1.54, 1.807) is 31.2 Å². The molecule has 8 nitrogen and oxygen atoms in total. The van der Waals surface area contributed by atoms with Gasteiger partial charge in [-0.3, -0.25) is 0 Å². The number of carbonyl (C=O) groups excluding carboxylic acids is 1. The summed E-state index contributed by atoms with van der Waals surface area (Å²) in [7, 11) is 0. The van der Waals surface area contributed by atoms with E-state index < -0.39 is 29.7 Å². The summed E-state index contributed by atoms with van der Waals surface area (Å²) in [5.74, 6) is -1.84.